The fraction of sp³-hybridized carbons (Fsp3) is 0. The number of rotatable bonds is 12. The lowest BCUT2D eigenvalue weighted by molar-refractivity contribution is 0.668. The summed E-state index contributed by atoms with van der Waals surface area (Å²) in [6.45, 7) is 0. The molecule has 0 spiro atoms. The van der Waals surface area contributed by atoms with Gasteiger partial charge in [-0.1, -0.05) is 279 Å². The Morgan fingerprint density at radius 1 is 0.157 bits per heavy atom. The Morgan fingerprint density at radius 3 is 0.829 bits per heavy atom. The highest BCUT2D eigenvalue weighted by atomic mass is 32.1. The van der Waals surface area contributed by atoms with Crippen molar-refractivity contribution < 1.29 is 13.3 Å². The van der Waals surface area contributed by atoms with Crippen LogP contribution in [0.3, 0.4) is 0 Å². The number of fused-ring (bicyclic) bond motifs is 24. The third-order valence-corrected chi connectivity index (χ3v) is 29.1. The quantitative estimate of drug-likeness (QED) is 0.117. The van der Waals surface area contributed by atoms with Crippen LogP contribution < -0.4 is 0 Å². The molecule has 0 N–H and O–H groups in total. The fourth-order valence-corrected chi connectivity index (χ4v) is 22.6. The second kappa shape index (κ2) is 31.4. The molecule has 652 valence electrons. The van der Waals surface area contributed by atoms with Gasteiger partial charge in [-0.05, 0) is 181 Å². The number of benzene rings is 20. The summed E-state index contributed by atoms with van der Waals surface area (Å²) in [6, 6.07) is 159. The molecule has 10 heterocycles. The molecule has 13 nitrogen and oxygen atoms in total. The highest BCUT2D eigenvalue weighted by Crippen LogP contribution is 2.48. The molecule has 14 heteroatoms. The highest BCUT2D eigenvalue weighted by molar-refractivity contribution is 7.25. The van der Waals surface area contributed by atoms with E-state index in [4.69, 9.17) is 43.2 Å². The predicted molar refractivity (Wildman–Crippen MR) is 575 cm³/mol. The summed E-state index contributed by atoms with van der Waals surface area (Å²) in [5.74, 6) is 3.79. The van der Waals surface area contributed by atoms with Gasteiger partial charge in [0.2, 0.25) is 0 Å². The molecule has 0 saturated heterocycles. The molecule has 0 radical (unpaired) electrons. The van der Waals surface area contributed by atoms with Gasteiger partial charge >= 0.3 is 0 Å². The molecule has 0 aliphatic rings. The molecule has 0 aliphatic carbocycles. The number of para-hydroxylation sites is 8. The molecule has 0 aliphatic heterocycles. The summed E-state index contributed by atoms with van der Waals surface area (Å²) < 4.78 is 31.5. The zero-order valence-electron chi connectivity index (χ0n) is 74.8. The van der Waals surface area contributed by atoms with E-state index in [1.165, 1.54) is 68.8 Å². The first kappa shape index (κ1) is 78.7. The minimum absolute atomic E-state index is 0.599. The van der Waals surface area contributed by atoms with E-state index in [0.717, 1.165) is 183 Å². The molecule has 0 fully saturated rings. The zero-order valence-corrected chi connectivity index (χ0v) is 75.6. The van der Waals surface area contributed by atoms with E-state index in [0.29, 0.717) is 34.9 Å². The average molecular weight is 1810 g/mol. The molecule has 0 bridgehead atoms. The van der Waals surface area contributed by atoms with Crippen molar-refractivity contribution >= 4 is 185 Å². The molecule has 10 aromatic heterocycles. The van der Waals surface area contributed by atoms with E-state index in [9.17, 15) is 0 Å². The fourth-order valence-electron chi connectivity index (χ4n) is 21.5. The number of furan rings is 3. The number of hydrogen-bond donors (Lipinski definition) is 0. The van der Waals surface area contributed by atoms with Gasteiger partial charge in [0.25, 0.3) is 0 Å². The first-order valence-corrected chi connectivity index (χ1v) is 47.8. The second-order valence-corrected chi connectivity index (χ2v) is 37.0. The lowest BCUT2D eigenvalue weighted by Gasteiger charge is -2.11. The smallest absolute Gasteiger partial charge is 0.164 e. The van der Waals surface area contributed by atoms with Gasteiger partial charge in [0.05, 0.1) is 44.1 Å². The van der Waals surface area contributed by atoms with Crippen LogP contribution in [0.1, 0.15) is 0 Å². The van der Waals surface area contributed by atoms with Crippen LogP contribution in [-0.2, 0) is 0 Å². The minimum Gasteiger partial charge on any atom is -0.456 e. The van der Waals surface area contributed by atoms with Crippen LogP contribution >= 0.6 is 11.3 Å². The third kappa shape index (κ3) is 12.6. The van der Waals surface area contributed by atoms with Crippen LogP contribution in [0.5, 0.6) is 0 Å². The lowest BCUT2D eigenvalue weighted by Crippen LogP contribution is -2.00. The standard InChI is InChI=1S/C63H37N5O2.C63H37N5OS/c1-3-14-38(15-4-1)61-64-62(39-16-5-2-6-17-39)66-63(65-61)41-27-32-58-51(35-41)52-37-43(29-33-59(52)69-58)68-54-24-11-8-19-46(54)50-36-42(28-31-56(50)68)67-53-23-10-7-18-45(53)49-34-40(26-30-55(49)67)44-21-13-22-48-47-20-9-12-25-57(47)70-60(44)48;1-3-14-38(15-4-1)61-64-62(39-16-5-2-6-17-39)66-63(65-61)41-27-32-58-51(35-41)52-37-43(29-33-59(52)70-58)68-54-24-11-8-19-46(54)50-36-42(28-31-56(50)68)67-53-23-10-7-18-45(53)49-34-40(26-30-55(49)67)44-21-13-22-48-47-20-9-12-25-57(47)69-60(44)48/h2*1-37H. The van der Waals surface area contributed by atoms with Crippen molar-refractivity contribution in [3.05, 3.63) is 449 Å². The molecule has 0 unspecified atom stereocenters. The van der Waals surface area contributed by atoms with E-state index in [-0.39, 0.29) is 0 Å². The normalized spacial score (nSPS) is 12.0. The average Bonchev–Trinajstić information content (AvgIpc) is 1.57. The summed E-state index contributed by atoms with van der Waals surface area (Å²) in [6.07, 6.45) is 0. The van der Waals surface area contributed by atoms with E-state index < -0.39 is 0 Å². The van der Waals surface area contributed by atoms with Gasteiger partial charge in [-0.3, -0.25) is 0 Å². The van der Waals surface area contributed by atoms with Crippen molar-refractivity contribution in [2.45, 2.75) is 0 Å². The molecular weight excluding hydrogens is 1730 g/mol. The van der Waals surface area contributed by atoms with E-state index in [2.05, 4.69) is 309 Å². The Labute approximate surface area is 802 Å². The third-order valence-electron chi connectivity index (χ3n) is 27.9. The zero-order chi connectivity index (χ0) is 91.7. The van der Waals surface area contributed by atoms with Crippen LogP contribution in [-0.4, -0.2) is 48.2 Å². The molecule has 0 atom stereocenters. The van der Waals surface area contributed by atoms with E-state index >= 15 is 0 Å². The topological polar surface area (TPSA) is 136 Å². The molecular formula is C126H74N10O3S. The first-order valence-electron chi connectivity index (χ1n) is 47.0. The lowest BCUT2D eigenvalue weighted by atomic mass is 10.0. The van der Waals surface area contributed by atoms with Gasteiger partial charge < -0.3 is 31.5 Å². The van der Waals surface area contributed by atoms with Crippen LogP contribution in [0.2, 0.25) is 0 Å². The molecule has 30 aromatic rings. The summed E-state index contributed by atoms with van der Waals surface area (Å²) in [5.41, 5.74) is 28.8. The molecule has 30 rings (SSSR count). The van der Waals surface area contributed by atoms with Gasteiger partial charge in [0.15, 0.2) is 34.9 Å². The molecule has 0 amide bonds. The minimum atomic E-state index is 0.599. The van der Waals surface area contributed by atoms with Crippen molar-refractivity contribution in [2.75, 3.05) is 0 Å². The maximum Gasteiger partial charge on any atom is 0.164 e. The summed E-state index contributed by atoms with van der Waals surface area (Å²) in [5, 5.41) is 18.5. The van der Waals surface area contributed by atoms with Crippen LogP contribution in [0.4, 0.5) is 0 Å². The van der Waals surface area contributed by atoms with Crippen LogP contribution in [0, 0.1) is 0 Å². The summed E-state index contributed by atoms with van der Waals surface area (Å²) in [7, 11) is 0. The Bertz CT molecular complexity index is 9670. The Morgan fingerprint density at radius 2 is 0.414 bits per heavy atom. The van der Waals surface area contributed by atoms with Gasteiger partial charge in [-0.25, -0.2) is 29.9 Å². The first-order chi connectivity index (χ1) is 69.4. The predicted octanol–water partition coefficient (Wildman–Crippen LogP) is 33.5. The second-order valence-electron chi connectivity index (χ2n) is 35.9. The van der Waals surface area contributed by atoms with Gasteiger partial charge in [0.1, 0.15) is 33.5 Å². The van der Waals surface area contributed by atoms with Crippen LogP contribution in [0.25, 0.3) is 287 Å². The Hall–Kier alpha value is -18.8. The van der Waals surface area contributed by atoms with Crippen molar-refractivity contribution in [1.29, 1.82) is 0 Å². The summed E-state index contributed by atoms with van der Waals surface area (Å²) in [4.78, 5) is 30.0. The Balaban J connectivity index is 0.000000134. The van der Waals surface area contributed by atoms with E-state index in [1.54, 1.807) is 0 Å². The van der Waals surface area contributed by atoms with Crippen molar-refractivity contribution in [3.63, 3.8) is 0 Å². The molecule has 20 aromatic carbocycles. The van der Waals surface area contributed by atoms with Gasteiger partial charge in [-0.15, -0.1) is 11.3 Å². The number of nitrogens with zero attached hydrogens (tertiary/aromatic N) is 10. The molecule has 0 saturated carbocycles. The maximum atomic E-state index is 6.50. The maximum absolute atomic E-state index is 6.50. The van der Waals surface area contributed by atoms with E-state index in [1.807, 2.05) is 169 Å². The van der Waals surface area contributed by atoms with Gasteiger partial charge in [-0.2, -0.15) is 0 Å². The van der Waals surface area contributed by atoms with Crippen LogP contribution in [0.15, 0.2) is 462 Å². The Kier molecular flexibility index (Phi) is 17.7. The summed E-state index contributed by atoms with van der Waals surface area (Å²) >= 11 is 1.81. The van der Waals surface area contributed by atoms with Crippen molar-refractivity contribution in [2.24, 2.45) is 0 Å². The van der Waals surface area contributed by atoms with Crippen molar-refractivity contribution in [1.82, 2.24) is 48.2 Å². The SMILES string of the molecule is c1ccc(-c2nc(-c3ccccc3)nc(-c3ccc4oc5ccc(-n6c7ccccc7c7cc(-n8c9ccccc9c9cc(-c%10cccc%11c%10oc%10ccccc%10%11)ccc98)ccc76)cc5c4c3)n2)cc1.c1ccc(-c2nc(-c3ccccc3)nc(-c3ccc4sc5ccc(-n6c7ccccc7c7cc(-n8c9ccccc9c9cc(-c%10cccc%11c%10oc%10ccccc%10%11)ccc98)ccc76)cc5c4c3)n2)cc1. The van der Waals surface area contributed by atoms with Crippen molar-refractivity contribution in [3.8, 4) is 113 Å². The highest BCUT2D eigenvalue weighted by Gasteiger charge is 2.26. The monoisotopic (exact) mass is 1810 g/mol. The largest absolute Gasteiger partial charge is 0.456 e. The number of aromatic nitrogens is 10. The molecule has 140 heavy (non-hydrogen) atoms. The number of hydrogen-bond acceptors (Lipinski definition) is 10. The number of thiophene rings is 1. The van der Waals surface area contributed by atoms with Gasteiger partial charge in [0, 0.05) is 163 Å².